The summed E-state index contributed by atoms with van der Waals surface area (Å²) in [5.41, 5.74) is 1.31. The van der Waals surface area contributed by atoms with E-state index in [1.54, 1.807) is 6.33 Å². The Morgan fingerprint density at radius 3 is 2.94 bits per heavy atom. The van der Waals surface area contributed by atoms with Crippen molar-refractivity contribution >= 4 is 28.6 Å². The largest absolute Gasteiger partial charge is 0.381 e. The van der Waals surface area contributed by atoms with Gasteiger partial charge in [0, 0.05) is 19.1 Å². The maximum absolute atomic E-state index is 6.12. The van der Waals surface area contributed by atoms with Crippen molar-refractivity contribution in [3.05, 3.63) is 12.7 Å². The Kier molecular flexibility index (Phi) is 3.05. The first-order chi connectivity index (χ1) is 8.83. The van der Waals surface area contributed by atoms with Crippen LogP contribution in [0.4, 0.5) is 5.82 Å². The second-order valence-electron chi connectivity index (χ2n) is 4.47. The normalized spacial score (nSPS) is 18.9. The number of nitrogens with one attached hydrogen (secondary N) is 2. The summed E-state index contributed by atoms with van der Waals surface area (Å²) < 4.78 is 5.39. The van der Waals surface area contributed by atoms with E-state index >= 15 is 0 Å². The van der Waals surface area contributed by atoms with Gasteiger partial charge in [-0.2, -0.15) is 0 Å². The van der Waals surface area contributed by atoms with Crippen molar-refractivity contribution in [3.63, 3.8) is 0 Å². The van der Waals surface area contributed by atoms with Gasteiger partial charge in [0.05, 0.1) is 11.9 Å². The van der Waals surface area contributed by atoms with Gasteiger partial charge in [0.15, 0.2) is 11.5 Å². The lowest BCUT2D eigenvalue weighted by atomic mass is 9.92. The molecule has 0 amide bonds. The molecule has 7 heteroatoms. The Hall–Kier alpha value is -1.40. The minimum absolute atomic E-state index is 0.161. The lowest BCUT2D eigenvalue weighted by Gasteiger charge is -2.36. The number of anilines is 1. The molecule has 0 radical (unpaired) electrons. The van der Waals surface area contributed by atoms with E-state index in [0.29, 0.717) is 11.5 Å². The number of hydrogen-bond acceptors (Lipinski definition) is 5. The van der Waals surface area contributed by atoms with Crippen LogP contribution in [0, 0.1) is 0 Å². The van der Waals surface area contributed by atoms with Gasteiger partial charge < -0.3 is 15.0 Å². The summed E-state index contributed by atoms with van der Waals surface area (Å²) in [7, 11) is 0. The van der Waals surface area contributed by atoms with E-state index in [0.717, 1.165) is 37.4 Å². The average molecular weight is 268 g/mol. The summed E-state index contributed by atoms with van der Waals surface area (Å²) >= 11 is 6.12. The van der Waals surface area contributed by atoms with Gasteiger partial charge >= 0.3 is 0 Å². The van der Waals surface area contributed by atoms with Crippen LogP contribution in [0.25, 0.3) is 11.2 Å². The summed E-state index contributed by atoms with van der Waals surface area (Å²) in [6.07, 6.45) is 4.86. The molecule has 1 saturated heterocycles. The zero-order valence-corrected chi connectivity index (χ0v) is 10.6. The Balaban J connectivity index is 1.92. The van der Waals surface area contributed by atoms with E-state index in [1.165, 1.54) is 6.33 Å². The second-order valence-corrected chi connectivity index (χ2v) is 4.74. The maximum atomic E-state index is 6.12. The van der Waals surface area contributed by atoms with E-state index in [2.05, 4.69) is 25.3 Å². The minimum Gasteiger partial charge on any atom is -0.381 e. The van der Waals surface area contributed by atoms with Gasteiger partial charge in [-0.25, -0.2) is 15.0 Å². The van der Waals surface area contributed by atoms with Crippen molar-refractivity contribution in [1.82, 2.24) is 19.9 Å². The molecular weight excluding hydrogens is 254 g/mol. The molecule has 1 fully saturated rings. The van der Waals surface area contributed by atoms with E-state index in [9.17, 15) is 0 Å². The zero-order chi connectivity index (χ0) is 12.4. The first-order valence-corrected chi connectivity index (χ1v) is 6.42. The molecular formula is C11H14ClN5O. The molecule has 1 aliphatic heterocycles. The number of rotatable bonds is 3. The fourth-order valence-corrected chi connectivity index (χ4v) is 2.50. The lowest BCUT2D eigenvalue weighted by molar-refractivity contribution is 0.0667. The van der Waals surface area contributed by atoms with Gasteiger partial charge in [0.2, 0.25) is 0 Å². The van der Waals surface area contributed by atoms with Crippen LogP contribution in [-0.2, 0) is 4.74 Å². The van der Waals surface area contributed by atoms with Crippen molar-refractivity contribution in [2.45, 2.75) is 18.4 Å². The van der Waals surface area contributed by atoms with Crippen LogP contribution in [0.5, 0.6) is 0 Å². The van der Waals surface area contributed by atoms with E-state index in [1.807, 2.05) is 0 Å². The Morgan fingerprint density at radius 1 is 1.33 bits per heavy atom. The van der Waals surface area contributed by atoms with Crippen molar-refractivity contribution in [3.8, 4) is 0 Å². The molecule has 0 aliphatic carbocycles. The fourth-order valence-electron chi connectivity index (χ4n) is 2.17. The van der Waals surface area contributed by atoms with Crippen LogP contribution in [0.3, 0.4) is 0 Å². The molecule has 2 aromatic rings. The Bertz CT molecular complexity index is 537. The van der Waals surface area contributed by atoms with Crippen LogP contribution >= 0.6 is 11.6 Å². The number of halogens is 1. The van der Waals surface area contributed by atoms with Crippen LogP contribution in [-0.4, -0.2) is 44.6 Å². The summed E-state index contributed by atoms with van der Waals surface area (Å²) in [6, 6.07) is 0. The van der Waals surface area contributed by atoms with Crippen LogP contribution in [0.2, 0.25) is 0 Å². The third-order valence-corrected chi connectivity index (χ3v) is 3.82. The van der Waals surface area contributed by atoms with Gasteiger partial charge in [-0.1, -0.05) is 0 Å². The Morgan fingerprint density at radius 2 is 2.17 bits per heavy atom. The minimum atomic E-state index is -0.161. The number of nitrogens with zero attached hydrogens (tertiary/aromatic N) is 3. The number of hydrogen-bond donors (Lipinski definition) is 2. The molecule has 0 unspecified atom stereocenters. The molecule has 2 N–H and O–H groups in total. The van der Waals surface area contributed by atoms with Gasteiger partial charge in [0.1, 0.15) is 11.8 Å². The molecule has 3 rings (SSSR count). The topological polar surface area (TPSA) is 75.7 Å². The zero-order valence-electron chi connectivity index (χ0n) is 9.82. The maximum Gasteiger partial charge on any atom is 0.182 e. The smallest absolute Gasteiger partial charge is 0.182 e. The predicted molar refractivity (Wildman–Crippen MR) is 68.8 cm³/mol. The molecule has 96 valence electrons. The molecule has 6 nitrogen and oxygen atoms in total. The van der Waals surface area contributed by atoms with Crippen molar-refractivity contribution in [1.29, 1.82) is 0 Å². The van der Waals surface area contributed by atoms with Crippen molar-refractivity contribution in [2.24, 2.45) is 0 Å². The van der Waals surface area contributed by atoms with E-state index in [-0.39, 0.29) is 5.54 Å². The Labute approximate surface area is 109 Å². The number of aromatic amines is 1. The molecule has 3 heterocycles. The molecule has 0 atom stereocenters. The first kappa shape index (κ1) is 11.7. The third-order valence-electron chi connectivity index (χ3n) is 3.31. The van der Waals surface area contributed by atoms with Gasteiger partial charge in [-0.15, -0.1) is 11.6 Å². The number of ether oxygens (including phenoxy) is 1. The predicted octanol–water partition coefficient (Wildman–Crippen LogP) is 1.55. The summed E-state index contributed by atoms with van der Waals surface area (Å²) in [5, 5.41) is 3.44. The summed E-state index contributed by atoms with van der Waals surface area (Å²) in [5.74, 6) is 1.27. The molecule has 0 aromatic carbocycles. The highest BCUT2D eigenvalue weighted by Gasteiger charge is 2.32. The molecule has 1 aliphatic rings. The SMILES string of the molecule is ClCC1(Nc2ncnc3nc[nH]c23)CCOCC1. The van der Waals surface area contributed by atoms with Crippen molar-refractivity contribution in [2.75, 3.05) is 24.4 Å². The van der Waals surface area contributed by atoms with E-state index in [4.69, 9.17) is 16.3 Å². The third kappa shape index (κ3) is 2.02. The average Bonchev–Trinajstić information content (AvgIpc) is 2.89. The van der Waals surface area contributed by atoms with Gasteiger partial charge in [-0.05, 0) is 12.8 Å². The first-order valence-electron chi connectivity index (χ1n) is 5.89. The monoisotopic (exact) mass is 267 g/mol. The number of alkyl halides is 1. The molecule has 0 saturated carbocycles. The molecule has 0 spiro atoms. The summed E-state index contributed by atoms with van der Waals surface area (Å²) in [6.45, 7) is 1.44. The number of aromatic nitrogens is 4. The number of fused-ring (bicyclic) bond motifs is 1. The highest BCUT2D eigenvalue weighted by molar-refractivity contribution is 6.18. The summed E-state index contributed by atoms with van der Waals surface area (Å²) in [4.78, 5) is 15.5. The molecule has 0 bridgehead atoms. The lowest BCUT2D eigenvalue weighted by Crippen LogP contribution is -2.45. The van der Waals surface area contributed by atoms with Crippen LogP contribution in [0.15, 0.2) is 12.7 Å². The van der Waals surface area contributed by atoms with Gasteiger partial charge in [0.25, 0.3) is 0 Å². The quantitative estimate of drug-likeness (QED) is 0.826. The van der Waals surface area contributed by atoms with Crippen LogP contribution < -0.4 is 5.32 Å². The van der Waals surface area contributed by atoms with Gasteiger partial charge in [-0.3, -0.25) is 0 Å². The highest BCUT2D eigenvalue weighted by Crippen LogP contribution is 2.28. The number of imidazole rings is 1. The molecule has 2 aromatic heterocycles. The number of H-pyrrole nitrogens is 1. The van der Waals surface area contributed by atoms with Crippen molar-refractivity contribution < 1.29 is 4.74 Å². The highest BCUT2D eigenvalue weighted by atomic mass is 35.5. The standard InChI is InChI=1S/C11H14ClN5O/c12-5-11(1-3-18-4-2-11)17-10-8-9(14-6-13-8)15-7-16-10/h6-7H,1-5H2,(H2,13,14,15,16,17). The second kappa shape index (κ2) is 4.70. The fraction of sp³-hybridized carbons (Fsp3) is 0.545. The van der Waals surface area contributed by atoms with E-state index < -0.39 is 0 Å². The molecule has 18 heavy (non-hydrogen) atoms. The van der Waals surface area contributed by atoms with Crippen LogP contribution in [0.1, 0.15) is 12.8 Å².